The fraction of sp³-hybridized carbons (Fsp3) is 0.511. The Kier molecular flexibility index (Phi) is 16.4. The summed E-state index contributed by atoms with van der Waals surface area (Å²) >= 11 is 7.12. The number of pyridine rings is 1. The van der Waals surface area contributed by atoms with E-state index >= 15 is 0 Å². The molecule has 1 aromatic heterocycles. The molecule has 0 bridgehead atoms. The molecule has 4 amide bonds. The summed E-state index contributed by atoms with van der Waals surface area (Å²) in [5.41, 5.74) is 10.6. The Morgan fingerprint density at radius 1 is 1.04 bits per heavy atom. The van der Waals surface area contributed by atoms with Gasteiger partial charge in [0.15, 0.2) is 0 Å². The van der Waals surface area contributed by atoms with Crippen LogP contribution >= 0.6 is 11.6 Å². The van der Waals surface area contributed by atoms with Crippen molar-refractivity contribution >= 4 is 35.1 Å². The van der Waals surface area contributed by atoms with Crippen molar-refractivity contribution in [2.75, 3.05) is 32.6 Å². The summed E-state index contributed by atoms with van der Waals surface area (Å²) < 4.78 is 5.63. The molecule has 3 unspecified atom stereocenters. The number of aromatic nitrogens is 1. The second-order valence-corrected chi connectivity index (χ2v) is 15.2. The standard InChI is InChI=1S/C31H33ClN4O3.C12H24N2O.C2H6/c1-5-18(2)27-21(11-8-14-25(27)34-29(37)24-15-16-33-36(3)31(24)38)22-12-7-13-23(28(22)32)26-17-19-9-6-10-20(19)30(35-26)39-4;1-4-10(3)6-7-12(5-2)8-9-13-11(15)14-12;1-2/h7-8,11-15,17-18,33H,5-6,9-10,16H2,1-4H3,(H,34,37);10H,4-9H2,1-3H3,(H2,13,14,15);1-2H3. The summed E-state index contributed by atoms with van der Waals surface area (Å²) in [5.74, 6) is 0.756. The minimum absolute atomic E-state index is 0.00671. The average Bonchev–Trinajstić information content (AvgIpc) is 3.70. The molecule has 0 spiro atoms. The molecular formula is C45H63ClN6O4. The lowest BCUT2D eigenvalue weighted by atomic mass is 9.83. The second-order valence-electron chi connectivity index (χ2n) is 14.9. The molecule has 3 aliphatic rings. The maximum Gasteiger partial charge on any atom is 0.315 e. The van der Waals surface area contributed by atoms with Crippen LogP contribution in [0.15, 0.2) is 54.1 Å². The van der Waals surface area contributed by atoms with Gasteiger partial charge in [-0.2, -0.15) is 0 Å². The van der Waals surface area contributed by atoms with E-state index in [-0.39, 0.29) is 29.0 Å². The molecule has 2 aliphatic heterocycles. The van der Waals surface area contributed by atoms with Crippen molar-refractivity contribution in [2.45, 2.75) is 118 Å². The number of nitrogens with zero attached hydrogens (tertiary/aromatic N) is 2. The quantitative estimate of drug-likeness (QED) is 0.136. The Morgan fingerprint density at radius 2 is 1.75 bits per heavy atom. The first kappa shape index (κ1) is 44.3. The van der Waals surface area contributed by atoms with Crippen molar-refractivity contribution in [2.24, 2.45) is 5.92 Å². The summed E-state index contributed by atoms with van der Waals surface area (Å²) in [5, 5.41) is 10.9. The Bertz CT molecular complexity index is 1880. The summed E-state index contributed by atoms with van der Waals surface area (Å²) in [6, 6.07) is 13.9. The number of methoxy groups -OCH3 is 1. The maximum atomic E-state index is 13.2. The van der Waals surface area contributed by atoms with Gasteiger partial charge in [0.05, 0.1) is 17.8 Å². The van der Waals surface area contributed by atoms with E-state index < -0.39 is 5.91 Å². The molecule has 304 valence electrons. The number of fused-ring (bicyclic) bond motifs is 1. The van der Waals surface area contributed by atoms with E-state index in [0.717, 1.165) is 85.4 Å². The number of halogens is 1. The Balaban J connectivity index is 0.000000344. The number of urea groups is 1. The van der Waals surface area contributed by atoms with Gasteiger partial charge < -0.3 is 20.7 Å². The number of carbonyl (C=O) groups excluding carboxylic acids is 3. The Morgan fingerprint density at radius 3 is 2.43 bits per heavy atom. The highest BCUT2D eigenvalue weighted by atomic mass is 35.5. The predicted molar refractivity (Wildman–Crippen MR) is 229 cm³/mol. The minimum Gasteiger partial charge on any atom is -0.481 e. The van der Waals surface area contributed by atoms with E-state index in [1.54, 1.807) is 20.2 Å². The molecule has 56 heavy (non-hydrogen) atoms. The van der Waals surface area contributed by atoms with E-state index in [0.29, 0.717) is 23.1 Å². The zero-order valence-corrected chi connectivity index (χ0v) is 35.7. The van der Waals surface area contributed by atoms with Crippen LogP contribution in [0.4, 0.5) is 10.5 Å². The van der Waals surface area contributed by atoms with E-state index in [4.69, 9.17) is 21.3 Å². The van der Waals surface area contributed by atoms with Crippen molar-refractivity contribution < 1.29 is 19.1 Å². The maximum absolute atomic E-state index is 13.2. The van der Waals surface area contributed by atoms with Gasteiger partial charge in [-0.15, -0.1) is 0 Å². The molecule has 3 heterocycles. The molecule has 10 nitrogen and oxygen atoms in total. The second kappa shape index (κ2) is 20.7. The van der Waals surface area contributed by atoms with Crippen LogP contribution in [-0.2, 0) is 22.4 Å². The lowest BCUT2D eigenvalue weighted by Crippen LogP contribution is -2.58. The number of rotatable bonds is 12. The number of hydrogen-bond acceptors (Lipinski definition) is 6. The number of hydrazine groups is 1. The van der Waals surface area contributed by atoms with Crippen LogP contribution in [0.3, 0.4) is 0 Å². The third kappa shape index (κ3) is 10.3. The van der Waals surface area contributed by atoms with Gasteiger partial charge in [-0.25, -0.2) is 15.2 Å². The lowest BCUT2D eigenvalue weighted by Gasteiger charge is -2.38. The highest BCUT2D eigenvalue weighted by molar-refractivity contribution is 6.36. The van der Waals surface area contributed by atoms with Crippen molar-refractivity contribution in [3.8, 4) is 28.3 Å². The van der Waals surface area contributed by atoms with E-state index in [9.17, 15) is 14.4 Å². The third-order valence-electron chi connectivity index (χ3n) is 11.4. The first-order chi connectivity index (χ1) is 26.9. The topological polar surface area (TPSA) is 125 Å². The fourth-order valence-electron chi connectivity index (χ4n) is 7.56. The molecule has 0 saturated carbocycles. The number of amides is 4. The number of benzene rings is 2. The SMILES string of the molecule is CC.CCC(C)CCC1(CC)CCNC(=O)N1.CCC(C)c1c(NC(=O)C2=CCNN(C)C2=O)cccc1-c1cccc(-c2cc3c(c(OC)n2)CCC3)c1Cl. The van der Waals surface area contributed by atoms with Gasteiger partial charge in [0.1, 0.15) is 5.57 Å². The molecule has 3 atom stereocenters. The van der Waals surface area contributed by atoms with Gasteiger partial charge in [-0.1, -0.05) is 103 Å². The van der Waals surface area contributed by atoms with E-state index in [1.165, 1.54) is 29.0 Å². The van der Waals surface area contributed by atoms with Crippen molar-refractivity contribution in [3.05, 3.63) is 75.8 Å². The number of ether oxygens (including phenoxy) is 1. The van der Waals surface area contributed by atoms with Crippen molar-refractivity contribution in [1.29, 1.82) is 0 Å². The number of aryl methyl sites for hydroxylation is 1. The molecule has 3 aromatic rings. The largest absolute Gasteiger partial charge is 0.481 e. The number of carbonyl (C=O) groups is 3. The summed E-state index contributed by atoms with van der Waals surface area (Å²) in [6.45, 7) is 16.1. The van der Waals surface area contributed by atoms with Crippen LogP contribution in [0.25, 0.3) is 22.4 Å². The minimum atomic E-state index is -0.427. The smallest absolute Gasteiger partial charge is 0.315 e. The van der Waals surface area contributed by atoms with E-state index in [2.05, 4.69) is 62.1 Å². The lowest BCUT2D eigenvalue weighted by molar-refractivity contribution is -0.131. The number of nitrogens with one attached hydrogen (secondary N) is 4. The van der Waals surface area contributed by atoms with Crippen LogP contribution in [0.5, 0.6) is 5.88 Å². The van der Waals surface area contributed by atoms with Gasteiger partial charge in [0, 0.05) is 48.1 Å². The zero-order valence-electron chi connectivity index (χ0n) is 35.0. The number of hydrogen-bond donors (Lipinski definition) is 4. The van der Waals surface area contributed by atoms with Crippen molar-refractivity contribution in [1.82, 2.24) is 26.1 Å². The Hall–Kier alpha value is -4.41. The molecule has 0 radical (unpaired) electrons. The van der Waals surface area contributed by atoms with Crippen LogP contribution in [-0.4, -0.2) is 60.6 Å². The van der Waals surface area contributed by atoms with Crippen LogP contribution < -0.4 is 26.1 Å². The highest BCUT2D eigenvalue weighted by Gasteiger charge is 2.33. The van der Waals surface area contributed by atoms with Gasteiger partial charge >= 0.3 is 6.03 Å². The van der Waals surface area contributed by atoms with Crippen molar-refractivity contribution in [3.63, 3.8) is 0 Å². The Labute approximate surface area is 339 Å². The molecule has 2 aromatic carbocycles. The van der Waals surface area contributed by atoms with Gasteiger partial charge in [0.25, 0.3) is 11.8 Å². The van der Waals surface area contributed by atoms with Gasteiger partial charge in [-0.3, -0.25) is 14.6 Å². The van der Waals surface area contributed by atoms with Gasteiger partial charge in [-0.05, 0) is 92.0 Å². The molecule has 6 rings (SSSR count). The van der Waals surface area contributed by atoms with Crippen LogP contribution in [0.2, 0.25) is 5.02 Å². The van der Waals surface area contributed by atoms with Gasteiger partial charge in [0.2, 0.25) is 5.88 Å². The first-order valence-corrected chi connectivity index (χ1v) is 20.9. The normalized spacial score (nSPS) is 18.5. The molecule has 4 N–H and O–H groups in total. The fourth-order valence-corrected chi connectivity index (χ4v) is 7.88. The number of anilines is 1. The zero-order chi connectivity index (χ0) is 41.0. The summed E-state index contributed by atoms with van der Waals surface area (Å²) in [4.78, 5) is 41.9. The predicted octanol–water partition coefficient (Wildman–Crippen LogP) is 9.61. The number of likely N-dealkylation sites (N-methyl/N-ethyl adjacent to an activating group) is 1. The summed E-state index contributed by atoms with van der Waals surface area (Å²) in [7, 11) is 3.26. The molecular weight excluding hydrogens is 724 g/mol. The first-order valence-electron chi connectivity index (χ1n) is 20.5. The summed E-state index contributed by atoms with van der Waals surface area (Å²) in [6.07, 6.45) is 11.2. The third-order valence-corrected chi connectivity index (χ3v) is 11.8. The average molecular weight is 787 g/mol. The molecule has 11 heteroatoms. The molecule has 1 fully saturated rings. The van der Waals surface area contributed by atoms with Crippen LogP contribution in [0.1, 0.15) is 116 Å². The van der Waals surface area contributed by atoms with Crippen LogP contribution in [0, 0.1) is 5.92 Å². The molecule has 1 saturated heterocycles. The monoisotopic (exact) mass is 786 g/mol. The molecule has 1 aliphatic carbocycles. The van der Waals surface area contributed by atoms with E-state index in [1.807, 2.05) is 50.2 Å². The highest BCUT2D eigenvalue weighted by Crippen LogP contribution is 2.43.